The van der Waals surface area contributed by atoms with Crippen LogP contribution in [0.1, 0.15) is 18.4 Å². The van der Waals surface area contributed by atoms with Crippen LogP contribution in [0.4, 0.5) is 0 Å². The lowest BCUT2D eigenvalue weighted by atomic mass is 10.1. The van der Waals surface area contributed by atoms with Gasteiger partial charge in [-0.2, -0.15) is 0 Å². The van der Waals surface area contributed by atoms with Gasteiger partial charge in [0, 0.05) is 13.0 Å². The largest absolute Gasteiger partial charge is 0.361 e. The predicted molar refractivity (Wildman–Crippen MR) is 93.4 cm³/mol. The van der Waals surface area contributed by atoms with E-state index >= 15 is 0 Å². The minimum Gasteiger partial charge on any atom is -0.361 e. The zero-order valence-corrected chi connectivity index (χ0v) is 14.4. The lowest BCUT2D eigenvalue weighted by Gasteiger charge is -2.13. The topological polar surface area (TPSA) is 87.3 Å². The van der Waals surface area contributed by atoms with Gasteiger partial charge < -0.3 is 5.32 Å². The Morgan fingerprint density at radius 2 is 1.96 bits per heavy atom. The molecule has 1 fully saturated rings. The molecule has 1 saturated heterocycles. The third kappa shape index (κ3) is 6.54. The average molecular weight is 355 g/mol. The molecule has 0 unspecified atom stereocenters. The molecule has 6 nitrogen and oxygen atoms in total. The van der Waals surface area contributed by atoms with Gasteiger partial charge in [-0.15, -0.1) is 0 Å². The molecule has 1 amide bonds. The van der Waals surface area contributed by atoms with Crippen LogP contribution in [0.25, 0.3) is 0 Å². The Labute approximate surface area is 141 Å². The first-order chi connectivity index (χ1) is 10.9. The number of hydrazine groups is 1. The predicted octanol–water partition coefficient (Wildman–Crippen LogP) is 0.549. The summed E-state index contributed by atoms with van der Waals surface area (Å²) in [6.45, 7) is 0.659. The van der Waals surface area contributed by atoms with Gasteiger partial charge in [-0.05, 0) is 36.5 Å². The maximum Gasteiger partial charge on any atom is 0.238 e. The van der Waals surface area contributed by atoms with Crippen LogP contribution in [-0.4, -0.2) is 37.5 Å². The van der Waals surface area contributed by atoms with Gasteiger partial charge in [-0.25, -0.2) is 8.42 Å². The zero-order chi connectivity index (χ0) is 16.7. The van der Waals surface area contributed by atoms with Crippen molar-refractivity contribution in [2.24, 2.45) is 5.92 Å². The summed E-state index contributed by atoms with van der Waals surface area (Å²) in [7, 11) is -2.95. The Morgan fingerprint density at radius 3 is 2.61 bits per heavy atom. The molecule has 8 heteroatoms. The van der Waals surface area contributed by atoms with Crippen LogP contribution in [-0.2, 0) is 21.1 Å². The van der Waals surface area contributed by atoms with Crippen LogP contribution in [0.5, 0.6) is 0 Å². The van der Waals surface area contributed by atoms with Crippen molar-refractivity contribution < 1.29 is 13.2 Å². The van der Waals surface area contributed by atoms with E-state index < -0.39 is 9.84 Å². The molecule has 1 aromatic rings. The molecule has 2 rings (SSSR count). The van der Waals surface area contributed by atoms with Gasteiger partial charge in [0.05, 0.1) is 11.5 Å². The van der Waals surface area contributed by atoms with Crippen molar-refractivity contribution in [3.05, 3.63) is 35.9 Å². The highest BCUT2D eigenvalue weighted by Gasteiger charge is 2.29. The highest BCUT2D eigenvalue weighted by atomic mass is 32.2. The van der Waals surface area contributed by atoms with E-state index in [0.717, 1.165) is 6.42 Å². The van der Waals surface area contributed by atoms with Gasteiger partial charge >= 0.3 is 0 Å². The highest BCUT2D eigenvalue weighted by molar-refractivity contribution is 7.91. The number of sulfone groups is 1. The number of thiocarbonyl (C=S) groups is 1. The molecule has 3 N–H and O–H groups in total. The van der Waals surface area contributed by atoms with Crippen molar-refractivity contribution in [1.29, 1.82) is 0 Å². The lowest BCUT2D eigenvalue weighted by molar-refractivity contribution is -0.122. The normalized spacial score (nSPS) is 19.0. The summed E-state index contributed by atoms with van der Waals surface area (Å²) in [5, 5.41) is 3.34. The fourth-order valence-electron chi connectivity index (χ4n) is 2.48. The molecule has 126 valence electrons. The number of hydrogen-bond donors (Lipinski definition) is 3. The van der Waals surface area contributed by atoms with Crippen LogP contribution < -0.4 is 16.2 Å². The zero-order valence-electron chi connectivity index (χ0n) is 12.7. The Hall–Kier alpha value is -1.67. The second-order valence-corrected chi connectivity index (χ2v) is 8.27. The van der Waals surface area contributed by atoms with Crippen LogP contribution in [0, 0.1) is 5.92 Å². The number of hydrogen-bond acceptors (Lipinski definition) is 4. The van der Waals surface area contributed by atoms with Crippen LogP contribution in [0.3, 0.4) is 0 Å². The Morgan fingerprint density at radius 1 is 1.22 bits per heavy atom. The molecule has 1 heterocycles. The van der Waals surface area contributed by atoms with Crippen LogP contribution in [0.15, 0.2) is 30.3 Å². The molecular formula is C15H21N3O3S2. The molecule has 1 aliphatic rings. The van der Waals surface area contributed by atoms with E-state index in [0.29, 0.717) is 18.1 Å². The van der Waals surface area contributed by atoms with E-state index in [1.165, 1.54) is 5.56 Å². The average Bonchev–Trinajstić information content (AvgIpc) is 2.85. The van der Waals surface area contributed by atoms with Crippen molar-refractivity contribution in [3.63, 3.8) is 0 Å². The summed E-state index contributed by atoms with van der Waals surface area (Å²) in [6, 6.07) is 10.0. The molecule has 0 spiro atoms. The van der Waals surface area contributed by atoms with E-state index in [9.17, 15) is 13.2 Å². The molecule has 0 saturated carbocycles. The Balaban J connectivity index is 1.59. The second kappa shape index (κ2) is 8.26. The van der Waals surface area contributed by atoms with E-state index in [1.54, 1.807) is 0 Å². The standard InChI is InChI=1S/C15H21N3O3S2/c19-14(10-13-7-9-23(20,21)11-13)17-18-15(22)16-8-6-12-4-2-1-3-5-12/h1-5,13H,6-11H2,(H,17,19)(H2,16,18,22)/t13-/m1/s1. The van der Waals surface area contributed by atoms with Gasteiger partial charge in [0.2, 0.25) is 5.91 Å². The van der Waals surface area contributed by atoms with Gasteiger partial charge in [0.15, 0.2) is 14.9 Å². The summed E-state index contributed by atoms with van der Waals surface area (Å²) in [5.74, 6) is -0.0707. The minimum absolute atomic E-state index is 0.0959. The summed E-state index contributed by atoms with van der Waals surface area (Å²) >= 11 is 5.07. The van der Waals surface area contributed by atoms with E-state index in [2.05, 4.69) is 16.2 Å². The summed E-state index contributed by atoms with van der Waals surface area (Å²) < 4.78 is 22.7. The highest BCUT2D eigenvalue weighted by Crippen LogP contribution is 2.21. The van der Waals surface area contributed by atoms with Crippen LogP contribution >= 0.6 is 12.2 Å². The fraction of sp³-hybridized carbons (Fsp3) is 0.467. The van der Waals surface area contributed by atoms with Gasteiger partial charge in [-0.3, -0.25) is 15.6 Å². The molecule has 0 bridgehead atoms. The molecule has 0 aliphatic carbocycles. The molecule has 1 aromatic carbocycles. The first kappa shape index (κ1) is 17.7. The number of nitrogens with one attached hydrogen (secondary N) is 3. The van der Waals surface area contributed by atoms with Crippen molar-refractivity contribution in [2.75, 3.05) is 18.1 Å². The van der Waals surface area contributed by atoms with Crippen molar-refractivity contribution >= 4 is 33.1 Å². The molecule has 1 atom stereocenters. The van der Waals surface area contributed by atoms with E-state index in [4.69, 9.17) is 12.2 Å². The quantitative estimate of drug-likeness (QED) is 0.528. The van der Waals surface area contributed by atoms with Gasteiger partial charge in [-0.1, -0.05) is 30.3 Å². The van der Waals surface area contributed by atoms with Crippen molar-refractivity contribution in [3.8, 4) is 0 Å². The van der Waals surface area contributed by atoms with Crippen LogP contribution in [0.2, 0.25) is 0 Å². The number of rotatable bonds is 5. The maximum absolute atomic E-state index is 11.8. The molecular weight excluding hydrogens is 334 g/mol. The first-order valence-electron chi connectivity index (χ1n) is 7.52. The summed E-state index contributed by atoms with van der Waals surface area (Å²) in [4.78, 5) is 11.8. The summed E-state index contributed by atoms with van der Waals surface area (Å²) in [5.41, 5.74) is 6.34. The Bertz CT molecular complexity index is 647. The van der Waals surface area contributed by atoms with Gasteiger partial charge in [0.25, 0.3) is 0 Å². The number of amides is 1. The Kier molecular flexibility index (Phi) is 6.35. The second-order valence-electron chi connectivity index (χ2n) is 5.64. The van der Waals surface area contributed by atoms with Crippen molar-refractivity contribution in [1.82, 2.24) is 16.2 Å². The number of benzene rings is 1. The summed E-state index contributed by atoms with van der Waals surface area (Å²) in [6.07, 6.45) is 1.57. The maximum atomic E-state index is 11.8. The molecule has 0 radical (unpaired) electrons. The number of carbonyl (C=O) groups is 1. The van der Waals surface area contributed by atoms with Gasteiger partial charge in [0.1, 0.15) is 0 Å². The fourth-order valence-corrected chi connectivity index (χ4v) is 4.50. The SMILES string of the molecule is O=C(C[C@H]1CCS(=O)(=O)C1)NNC(=S)NCCc1ccccc1. The lowest BCUT2D eigenvalue weighted by Crippen LogP contribution is -2.47. The first-order valence-corrected chi connectivity index (χ1v) is 9.74. The molecule has 23 heavy (non-hydrogen) atoms. The van der Waals surface area contributed by atoms with E-state index in [1.807, 2.05) is 30.3 Å². The monoisotopic (exact) mass is 355 g/mol. The third-order valence-electron chi connectivity index (χ3n) is 3.66. The minimum atomic E-state index is -2.95. The van der Waals surface area contributed by atoms with E-state index in [-0.39, 0.29) is 29.8 Å². The van der Waals surface area contributed by atoms with Crippen molar-refractivity contribution in [2.45, 2.75) is 19.3 Å². The number of carbonyl (C=O) groups excluding carboxylic acids is 1. The molecule has 1 aliphatic heterocycles. The third-order valence-corrected chi connectivity index (χ3v) is 5.74. The molecule has 0 aromatic heterocycles. The smallest absolute Gasteiger partial charge is 0.238 e.